The molecule has 0 radical (unpaired) electrons. The lowest BCUT2D eigenvalue weighted by Gasteiger charge is -2.42. The first-order chi connectivity index (χ1) is 16.0. The molecule has 1 N–H and O–H groups in total. The first kappa shape index (κ1) is 21.5. The summed E-state index contributed by atoms with van der Waals surface area (Å²) in [7, 11) is 1.67. The maximum Gasteiger partial charge on any atom is 0.144 e. The van der Waals surface area contributed by atoms with Gasteiger partial charge >= 0.3 is 0 Å². The van der Waals surface area contributed by atoms with E-state index in [4.69, 9.17) is 21.3 Å². The van der Waals surface area contributed by atoms with E-state index >= 15 is 0 Å². The number of benzene rings is 2. The maximum absolute atomic E-state index is 6.13. The van der Waals surface area contributed by atoms with Gasteiger partial charge in [0, 0.05) is 34.5 Å². The normalized spacial score (nSPS) is 14.5. The predicted octanol–water partition coefficient (Wildman–Crippen LogP) is 6.15. The Bertz CT molecular complexity index is 1290. The Balaban J connectivity index is 1.47. The first-order valence-electron chi connectivity index (χ1n) is 11.1. The summed E-state index contributed by atoms with van der Waals surface area (Å²) in [6, 6.07) is 16.2. The summed E-state index contributed by atoms with van der Waals surface area (Å²) >= 11 is 6.13. The van der Waals surface area contributed by atoms with Crippen molar-refractivity contribution in [1.29, 1.82) is 0 Å². The SMILES string of the molecule is COc1cc(Nc2cc(C3(c4ccc(Cl)cc4)CCC3)nc(C)n2)ccc1-n1cnc(C)c1. The quantitative estimate of drug-likeness (QED) is 0.374. The molecule has 1 saturated carbocycles. The second-order valence-electron chi connectivity index (χ2n) is 8.56. The summed E-state index contributed by atoms with van der Waals surface area (Å²) in [5.41, 5.74) is 4.99. The van der Waals surface area contributed by atoms with Crippen molar-refractivity contribution in [1.82, 2.24) is 19.5 Å². The molecule has 5 rings (SSSR count). The number of hydrogen-bond acceptors (Lipinski definition) is 5. The molecule has 0 saturated heterocycles. The van der Waals surface area contributed by atoms with Crippen LogP contribution in [0.2, 0.25) is 5.02 Å². The molecule has 0 unspecified atom stereocenters. The van der Waals surface area contributed by atoms with Gasteiger partial charge in [-0.15, -0.1) is 0 Å². The predicted molar refractivity (Wildman–Crippen MR) is 131 cm³/mol. The standard InChI is InChI=1S/C26H26ClN5O/c1-17-15-32(16-28-17)22-10-9-21(13-23(22)33-3)31-25-14-24(29-18(2)30-25)26(11-4-12-26)19-5-7-20(27)8-6-19/h5-10,13-16H,4,11-12H2,1-3H3,(H,29,30,31). The molecule has 168 valence electrons. The highest BCUT2D eigenvalue weighted by Crippen LogP contribution is 2.48. The maximum atomic E-state index is 6.13. The number of nitrogens with zero attached hydrogens (tertiary/aromatic N) is 4. The average molecular weight is 460 g/mol. The van der Waals surface area contributed by atoms with Crippen molar-refractivity contribution >= 4 is 23.1 Å². The lowest BCUT2D eigenvalue weighted by Crippen LogP contribution is -2.36. The van der Waals surface area contributed by atoms with Gasteiger partial charge in [0.1, 0.15) is 17.4 Å². The van der Waals surface area contributed by atoms with Crippen LogP contribution in [0.15, 0.2) is 61.1 Å². The zero-order chi connectivity index (χ0) is 23.0. The monoisotopic (exact) mass is 459 g/mol. The molecule has 1 aliphatic rings. The van der Waals surface area contributed by atoms with Crippen LogP contribution in [0.3, 0.4) is 0 Å². The first-order valence-corrected chi connectivity index (χ1v) is 11.4. The van der Waals surface area contributed by atoms with Gasteiger partial charge in [0.25, 0.3) is 0 Å². The van der Waals surface area contributed by atoms with Gasteiger partial charge in [0.2, 0.25) is 0 Å². The van der Waals surface area contributed by atoms with E-state index in [1.165, 1.54) is 12.0 Å². The van der Waals surface area contributed by atoms with Crippen LogP contribution in [0.25, 0.3) is 5.69 Å². The number of imidazole rings is 1. The van der Waals surface area contributed by atoms with Crippen molar-refractivity contribution in [2.75, 3.05) is 12.4 Å². The minimum atomic E-state index is -0.0877. The molecule has 33 heavy (non-hydrogen) atoms. The zero-order valence-electron chi connectivity index (χ0n) is 19.0. The molecule has 0 aliphatic heterocycles. The van der Waals surface area contributed by atoms with Crippen LogP contribution in [-0.2, 0) is 5.41 Å². The van der Waals surface area contributed by atoms with Crippen molar-refractivity contribution in [2.24, 2.45) is 0 Å². The number of rotatable bonds is 6. The van der Waals surface area contributed by atoms with Crippen molar-refractivity contribution in [3.8, 4) is 11.4 Å². The number of anilines is 2. The highest BCUT2D eigenvalue weighted by atomic mass is 35.5. The van der Waals surface area contributed by atoms with Gasteiger partial charge in [-0.2, -0.15) is 0 Å². The van der Waals surface area contributed by atoms with Crippen LogP contribution < -0.4 is 10.1 Å². The fourth-order valence-corrected chi connectivity index (χ4v) is 4.66. The summed E-state index contributed by atoms with van der Waals surface area (Å²) < 4.78 is 7.61. The Morgan fingerprint density at radius 2 is 1.82 bits per heavy atom. The van der Waals surface area contributed by atoms with Gasteiger partial charge in [0.05, 0.1) is 30.5 Å². The summed E-state index contributed by atoms with van der Waals surface area (Å²) in [5.74, 6) is 2.26. The number of methoxy groups -OCH3 is 1. The smallest absolute Gasteiger partial charge is 0.144 e. The molecule has 0 atom stereocenters. The average Bonchev–Trinajstić information content (AvgIpc) is 3.20. The lowest BCUT2D eigenvalue weighted by molar-refractivity contribution is 0.293. The summed E-state index contributed by atoms with van der Waals surface area (Å²) in [6.07, 6.45) is 7.07. The van der Waals surface area contributed by atoms with Crippen LogP contribution in [0, 0.1) is 13.8 Å². The molecular weight excluding hydrogens is 434 g/mol. The third kappa shape index (κ3) is 4.07. The van der Waals surface area contributed by atoms with Gasteiger partial charge in [-0.25, -0.2) is 15.0 Å². The summed E-state index contributed by atoms with van der Waals surface area (Å²) in [4.78, 5) is 13.8. The molecule has 7 heteroatoms. The molecule has 6 nitrogen and oxygen atoms in total. The molecule has 4 aromatic rings. The number of ether oxygens (including phenoxy) is 1. The van der Waals surface area contributed by atoms with E-state index < -0.39 is 0 Å². The van der Waals surface area contributed by atoms with Gasteiger partial charge in [0.15, 0.2) is 0 Å². The molecule has 1 fully saturated rings. The fraction of sp³-hybridized carbons (Fsp3) is 0.269. The van der Waals surface area contributed by atoms with Crippen LogP contribution in [0.5, 0.6) is 5.75 Å². The Morgan fingerprint density at radius 1 is 1.03 bits per heavy atom. The van der Waals surface area contributed by atoms with E-state index in [9.17, 15) is 0 Å². The third-order valence-corrected chi connectivity index (χ3v) is 6.63. The molecule has 0 amide bonds. The topological polar surface area (TPSA) is 64.9 Å². The van der Waals surface area contributed by atoms with Crippen molar-refractivity contribution in [3.63, 3.8) is 0 Å². The zero-order valence-corrected chi connectivity index (χ0v) is 19.7. The van der Waals surface area contributed by atoms with Gasteiger partial charge < -0.3 is 14.6 Å². The molecule has 2 heterocycles. The number of nitrogens with one attached hydrogen (secondary N) is 1. The number of aryl methyl sites for hydroxylation is 2. The highest BCUT2D eigenvalue weighted by molar-refractivity contribution is 6.30. The number of aromatic nitrogens is 4. The van der Waals surface area contributed by atoms with Crippen LogP contribution >= 0.6 is 11.6 Å². The van der Waals surface area contributed by atoms with E-state index in [1.54, 1.807) is 13.4 Å². The van der Waals surface area contributed by atoms with Crippen molar-refractivity contribution in [3.05, 3.63) is 88.9 Å². The van der Waals surface area contributed by atoms with E-state index in [-0.39, 0.29) is 5.41 Å². The van der Waals surface area contributed by atoms with Gasteiger partial charge in [-0.3, -0.25) is 0 Å². The minimum Gasteiger partial charge on any atom is -0.494 e. The Labute approximate surface area is 198 Å². The Kier molecular flexibility index (Phi) is 5.54. The Hall–Kier alpha value is -3.38. The largest absolute Gasteiger partial charge is 0.494 e. The van der Waals surface area contributed by atoms with E-state index in [2.05, 4.69) is 33.5 Å². The van der Waals surface area contributed by atoms with Crippen LogP contribution in [0.4, 0.5) is 11.5 Å². The van der Waals surface area contributed by atoms with Crippen molar-refractivity contribution in [2.45, 2.75) is 38.5 Å². The molecule has 1 aliphatic carbocycles. The second kappa shape index (κ2) is 8.52. The molecular formula is C26H26ClN5O. The van der Waals surface area contributed by atoms with Gasteiger partial charge in [-0.05, 0) is 56.5 Å². The molecule has 2 aromatic heterocycles. The third-order valence-electron chi connectivity index (χ3n) is 6.37. The van der Waals surface area contributed by atoms with Crippen molar-refractivity contribution < 1.29 is 4.74 Å². The molecule has 2 aromatic carbocycles. The summed E-state index contributed by atoms with van der Waals surface area (Å²) in [5, 5.41) is 4.20. The van der Waals surface area contributed by atoms with E-state index in [0.717, 1.165) is 58.0 Å². The Morgan fingerprint density at radius 3 is 2.45 bits per heavy atom. The molecule has 0 bridgehead atoms. The fourth-order valence-electron chi connectivity index (χ4n) is 4.54. The second-order valence-corrected chi connectivity index (χ2v) is 9.00. The van der Waals surface area contributed by atoms with Gasteiger partial charge in [-0.1, -0.05) is 30.2 Å². The minimum absolute atomic E-state index is 0.0877. The van der Waals surface area contributed by atoms with Crippen LogP contribution in [0.1, 0.15) is 42.0 Å². The molecule has 0 spiro atoms. The van der Waals surface area contributed by atoms with E-state index in [1.807, 2.05) is 54.9 Å². The lowest BCUT2D eigenvalue weighted by atomic mass is 9.62. The van der Waals surface area contributed by atoms with E-state index in [0.29, 0.717) is 0 Å². The highest BCUT2D eigenvalue weighted by Gasteiger charge is 2.42. The van der Waals surface area contributed by atoms with Crippen LogP contribution in [-0.4, -0.2) is 26.6 Å². The number of hydrogen-bond donors (Lipinski definition) is 1. The number of halogens is 1. The summed E-state index contributed by atoms with van der Waals surface area (Å²) in [6.45, 7) is 3.90.